The molecule has 0 amide bonds. The average Bonchev–Trinajstić information content (AvgIpc) is 3.09. The summed E-state index contributed by atoms with van der Waals surface area (Å²) >= 11 is 15.5. The molecule has 10 heteroatoms. The van der Waals surface area contributed by atoms with Gasteiger partial charge in [0.1, 0.15) is 11.4 Å². The van der Waals surface area contributed by atoms with Gasteiger partial charge in [0.25, 0.3) is 0 Å². The van der Waals surface area contributed by atoms with E-state index in [2.05, 4.69) is 26.0 Å². The minimum absolute atomic E-state index is 0.151. The minimum Gasteiger partial charge on any atom is -0.481 e. The Bertz CT molecular complexity index is 1020. The molecule has 1 aromatic carbocycles. The molecule has 2 aromatic heterocycles. The molecule has 3 aromatic rings. The number of ether oxygens (including phenoxy) is 1. The second kappa shape index (κ2) is 8.08. The summed E-state index contributed by atoms with van der Waals surface area (Å²) in [7, 11) is 0. The summed E-state index contributed by atoms with van der Waals surface area (Å²) in [6.07, 6.45) is 5.66. The number of carbonyl (C=O) groups excluding carboxylic acids is 1. The summed E-state index contributed by atoms with van der Waals surface area (Å²) in [4.78, 5) is 27.5. The fourth-order valence-corrected chi connectivity index (χ4v) is 3.19. The van der Waals surface area contributed by atoms with Crippen molar-refractivity contribution in [3.63, 3.8) is 0 Å². The topological polar surface area (TPSA) is 94.3 Å². The first-order valence-electron chi connectivity index (χ1n) is 7.39. The minimum atomic E-state index is -1.15. The summed E-state index contributed by atoms with van der Waals surface area (Å²) in [5.41, 5.74) is 0.832. The number of hydrogen-bond donors (Lipinski definition) is 1. The van der Waals surface area contributed by atoms with Crippen molar-refractivity contribution in [3.8, 4) is 11.4 Å². The molecule has 3 rings (SSSR count). The van der Waals surface area contributed by atoms with E-state index >= 15 is 0 Å². The van der Waals surface area contributed by atoms with Gasteiger partial charge in [-0.15, -0.1) is 0 Å². The van der Waals surface area contributed by atoms with Gasteiger partial charge in [0.05, 0.1) is 27.4 Å². The van der Waals surface area contributed by atoms with Gasteiger partial charge < -0.3 is 9.84 Å². The number of aliphatic carboxylic acids is 1. The lowest BCUT2D eigenvalue weighted by Gasteiger charge is -2.09. The number of carboxylic acids is 1. The van der Waals surface area contributed by atoms with Crippen LogP contribution in [0.1, 0.15) is 15.9 Å². The SMILES string of the molecule is O=C(O)COc1ccc(Br)cc1C(=O)c1cnn(-c2c(Cl)cncc2Cl)c1. The van der Waals surface area contributed by atoms with Crippen LogP contribution >= 0.6 is 39.1 Å². The molecular weight excluding hydrogens is 461 g/mol. The first kappa shape index (κ1) is 19.3. The molecule has 138 valence electrons. The van der Waals surface area contributed by atoms with E-state index in [-0.39, 0.29) is 26.9 Å². The third kappa shape index (κ3) is 4.29. The van der Waals surface area contributed by atoms with Gasteiger partial charge in [-0.05, 0) is 18.2 Å². The highest BCUT2D eigenvalue weighted by Crippen LogP contribution is 2.29. The van der Waals surface area contributed by atoms with Crippen molar-refractivity contribution >= 4 is 50.9 Å². The number of carbonyl (C=O) groups is 2. The fourth-order valence-electron chi connectivity index (χ4n) is 2.29. The van der Waals surface area contributed by atoms with E-state index in [1.165, 1.54) is 35.5 Å². The van der Waals surface area contributed by atoms with Gasteiger partial charge in [0.15, 0.2) is 12.4 Å². The summed E-state index contributed by atoms with van der Waals surface area (Å²) in [6, 6.07) is 4.71. The Labute approximate surface area is 171 Å². The van der Waals surface area contributed by atoms with Gasteiger partial charge in [-0.25, -0.2) is 9.48 Å². The van der Waals surface area contributed by atoms with Gasteiger partial charge in [0, 0.05) is 23.1 Å². The smallest absolute Gasteiger partial charge is 0.341 e. The summed E-state index contributed by atoms with van der Waals surface area (Å²) in [5, 5.41) is 13.5. The van der Waals surface area contributed by atoms with Gasteiger partial charge in [-0.3, -0.25) is 9.78 Å². The molecule has 0 unspecified atom stereocenters. The van der Waals surface area contributed by atoms with Crippen molar-refractivity contribution in [3.05, 3.63) is 68.6 Å². The number of benzene rings is 1. The van der Waals surface area contributed by atoms with Crippen LogP contribution in [-0.4, -0.2) is 38.2 Å². The van der Waals surface area contributed by atoms with Crippen LogP contribution in [0.3, 0.4) is 0 Å². The molecule has 0 saturated heterocycles. The summed E-state index contributed by atoms with van der Waals surface area (Å²) in [5.74, 6) is -1.39. The monoisotopic (exact) mass is 469 g/mol. The van der Waals surface area contributed by atoms with E-state index in [4.69, 9.17) is 33.0 Å². The van der Waals surface area contributed by atoms with Crippen molar-refractivity contribution in [2.45, 2.75) is 0 Å². The molecule has 0 aliphatic heterocycles. The third-order valence-corrected chi connectivity index (χ3v) is 4.49. The largest absolute Gasteiger partial charge is 0.481 e. The Morgan fingerprint density at radius 1 is 1.19 bits per heavy atom. The van der Waals surface area contributed by atoms with E-state index in [0.717, 1.165) is 0 Å². The second-order valence-electron chi connectivity index (χ2n) is 5.28. The third-order valence-electron chi connectivity index (χ3n) is 3.44. The number of ketones is 1. The van der Waals surface area contributed by atoms with Crippen LogP contribution < -0.4 is 4.74 Å². The molecule has 0 bridgehead atoms. The Kier molecular flexibility index (Phi) is 5.79. The summed E-state index contributed by atoms with van der Waals surface area (Å²) < 4.78 is 7.22. The maximum atomic E-state index is 12.9. The highest BCUT2D eigenvalue weighted by molar-refractivity contribution is 9.10. The zero-order chi connectivity index (χ0) is 19.6. The maximum Gasteiger partial charge on any atom is 0.341 e. The predicted octanol–water partition coefficient (Wildman–Crippen LogP) is 4.03. The van der Waals surface area contributed by atoms with Crippen LogP contribution in [0.25, 0.3) is 5.69 Å². The highest BCUT2D eigenvalue weighted by Gasteiger charge is 2.19. The molecule has 0 fully saturated rings. The van der Waals surface area contributed by atoms with Crippen molar-refractivity contribution in [2.24, 2.45) is 0 Å². The molecule has 1 N–H and O–H groups in total. The van der Waals surface area contributed by atoms with Crippen molar-refractivity contribution in [2.75, 3.05) is 6.61 Å². The van der Waals surface area contributed by atoms with Crippen molar-refractivity contribution in [1.29, 1.82) is 0 Å². The van der Waals surface area contributed by atoms with E-state index in [1.807, 2.05) is 0 Å². The van der Waals surface area contributed by atoms with Crippen LogP contribution in [0.15, 0.2) is 47.5 Å². The number of carboxylic acid groups (broad SMARTS) is 1. The van der Waals surface area contributed by atoms with E-state index in [1.54, 1.807) is 12.1 Å². The lowest BCUT2D eigenvalue weighted by Crippen LogP contribution is -2.12. The fraction of sp³-hybridized carbons (Fsp3) is 0.0588. The highest BCUT2D eigenvalue weighted by atomic mass is 79.9. The molecule has 0 spiro atoms. The molecule has 7 nitrogen and oxygen atoms in total. The van der Waals surface area contributed by atoms with E-state index in [9.17, 15) is 9.59 Å². The molecule has 27 heavy (non-hydrogen) atoms. The average molecular weight is 471 g/mol. The quantitative estimate of drug-likeness (QED) is 0.546. The van der Waals surface area contributed by atoms with E-state index < -0.39 is 18.4 Å². The number of halogens is 3. The van der Waals surface area contributed by atoms with Gasteiger partial charge in [0.2, 0.25) is 0 Å². The molecule has 0 aliphatic carbocycles. The van der Waals surface area contributed by atoms with Crippen LogP contribution in [0.5, 0.6) is 5.75 Å². The molecule has 0 saturated carbocycles. The van der Waals surface area contributed by atoms with Crippen molar-refractivity contribution in [1.82, 2.24) is 14.8 Å². The molecule has 0 aliphatic rings. The number of rotatable bonds is 6. The Morgan fingerprint density at radius 2 is 1.89 bits per heavy atom. The Hall–Kier alpha value is -2.42. The van der Waals surface area contributed by atoms with Crippen LogP contribution in [0, 0.1) is 0 Å². The lowest BCUT2D eigenvalue weighted by atomic mass is 10.1. The summed E-state index contributed by atoms with van der Waals surface area (Å²) in [6.45, 7) is -0.566. The van der Waals surface area contributed by atoms with Crippen LogP contribution in [0.2, 0.25) is 10.0 Å². The lowest BCUT2D eigenvalue weighted by molar-refractivity contribution is -0.139. The van der Waals surface area contributed by atoms with Crippen molar-refractivity contribution < 1.29 is 19.4 Å². The Balaban J connectivity index is 1.97. The second-order valence-corrected chi connectivity index (χ2v) is 7.01. The van der Waals surface area contributed by atoms with Crippen LogP contribution in [-0.2, 0) is 4.79 Å². The Morgan fingerprint density at radius 3 is 2.56 bits per heavy atom. The number of hydrogen-bond acceptors (Lipinski definition) is 5. The zero-order valence-corrected chi connectivity index (χ0v) is 16.5. The normalized spacial score (nSPS) is 10.6. The standard InChI is InChI=1S/C17H10BrCl2N3O4/c18-10-1-2-14(27-8-15(24)25)11(3-10)17(26)9-4-22-23(7-9)16-12(19)5-21-6-13(16)20/h1-7H,8H2,(H,24,25). The predicted molar refractivity (Wildman–Crippen MR) is 102 cm³/mol. The van der Waals surface area contributed by atoms with Gasteiger partial charge >= 0.3 is 5.97 Å². The van der Waals surface area contributed by atoms with Gasteiger partial charge in [-0.1, -0.05) is 39.1 Å². The molecule has 2 heterocycles. The van der Waals surface area contributed by atoms with E-state index in [0.29, 0.717) is 10.2 Å². The van der Waals surface area contributed by atoms with Crippen LogP contribution in [0.4, 0.5) is 0 Å². The molecule has 0 atom stereocenters. The first-order chi connectivity index (χ1) is 12.9. The molecular formula is C17H10BrCl2N3O4. The van der Waals surface area contributed by atoms with Gasteiger partial charge in [-0.2, -0.15) is 5.10 Å². The number of nitrogens with zero attached hydrogens (tertiary/aromatic N) is 3. The first-order valence-corrected chi connectivity index (χ1v) is 8.94. The number of aromatic nitrogens is 3. The maximum absolute atomic E-state index is 12.9. The zero-order valence-electron chi connectivity index (χ0n) is 13.4. The molecule has 0 radical (unpaired) electrons. The number of pyridine rings is 1.